The van der Waals surface area contributed by atoms with Crippen LogP contribution in [0.15, 0.2) is 6.07 Å². The van der Waals surface area contributed by atoms with Gasteiger partial charge in [0.15, 0.2) is 0 Å². The first kappa shape index (κ1) is 10.8. The maximum Gasteiger partial charge on any atom is 0.227 e. The standard InChI is InChI=1S/C11H14N4O/c1-8-5-10(6-12)14-11(13-8)15-3-4-16-7-9(15)2/h5,9H,3-4,7H2,1-2H3. The number of hydrogen-bond donors (Lipinski definition) is 0. The predicted molar refractivity (Wildman–Crippen MR) is 59.1 cm³/mol. The molecule has 1 aliphatic rings. The van der Waals surface area contributed by atoms with Gasteiger partial charge in [0.05, 0.1) is 19.3 Å². The summed E-state index contributed by atoms with van der Waals surface area (Å²) in [6.45, 7) is 6.08. The van der Waals surface area contributed by atoms with E-state index in [9.17, 15) is 0 Å². The van der Waals surface area contributed by atoms with Gasteiger partial charge in [-0.2, -0.15) is 5.26 Å². The molecular formula is C11H14N4O. The van der Waals surface area contributed by atoms with Crippen molar-refractivity contribution in [1.29, 1.82) is 5.26 Å². The van der Waals surface area contributed by atoms with Gasteiger partial charge < -0.3 is 9.64 Å². The highest BCUT2D eigenvalue weighted by atomic mass is 16.5. The maximum absolute atomic E-state index is 8.87. The van der Waals surface area contributed by atoms with Gasteiger partial charge in [0, 0.05) is 12.2 Å². The zero-order valence-corrected chi connectivity index (χ0v) is 9.47. The summed E-state index contributed by atoms with van der Waals surface area (Å²) in [5.41, 5.74) is 1.24. The van der Waals surface area contributed by atoms with Crippen molar-refractivity contribution in [2.24, 2.45) is 0 Å². The number of rotatable bonds is 1. The third kappa shape index (κ3) is 2.12. The molecule has 0 bridgehead atoms. The molecule has 1 saturated heterocycles. The minimum Gasteiger partial charge on any atom is -0.377 e. The Morgan fingerprint density at radius 3 is 3.06 bits per heavy atom. The second-order valence-electron chi connectivity index (χ2n) is 3.92. The van der Waals surface area contributed by atoms with Crippen LogP contribution in [-0.2, 0) is 4.74 Å². The molecule has 0 aliphatic carbocycles. The Morgan fingerprint density at radius 2 is 2.38 bits per heavy atom. The van der Waals surface area contributed by atoms with Crippen LogP contribution in [0.2, 0.25) is 0 Å². The monoisotopic (exact) mass is 218 g/mol. The number of ether oxygens (including phenoxy) is 1. The van der Waals surface area contributed by atoms with Crippen LogP contribution >= 0.6 is 0 Å². The molecule has 0 N–H and O–H groups in total. The van der Waals surface area contributed by atoms with Crippen molar-refractivity contribution < 1.29 is 4.74 Å². The number of aromatic nitrogens is 2. The Hall–Kier alpha value is -1.67. The summed E-state index contributed by atoms with van der Waals surface area (Å²) >= 11 is 0. The van der Waals surface area contributed by atoms with Gasteiger partial charge in [-0.05, 0) is 19.9 Å². The van der Waals surface area contributed by atoms with Crippen LogP contribution in [0.1, 0.15) is 18.3 Å². The number of aryl methyl sites for hydroxylation is 1. The molecule has 1 unspecified atom stereocenters. The van der Waals surface area contributed by atoms with Gasteiger partial charge in [-0.25, -0.2) is 9.97 Å². The van der Waals surface area contributed by atoms with E-state index in [1.807, 2.05) is 6.92 Å². The lowest BCUT2D eigenvalue weighted by atomic mass is 10.2. The van der Waals surface area contributed by atoms with Crippen molar-refractivity contribution in [1.82, 2.24) is 9.97 Å². The topological polar surface area (TPSA) is 62.0 Å². The summed E-state index contributed by atoms with van der Waals surface area (Å²) in [7, 11) is 0. The Morgan fingerprint density at radius 1 is 1.56 bits per heavy atom. The molecule has 0 amide bonds. The van der Waals surface area contributed by atoms with E-state index in [-0.39, 0.29) is 6.04 Å². The van der Waals surface area contributed by atoms with E-state index in [2.05, 4.69) is 27.9 Å². The van der Waals surface area contributed by atoms with Gasteiger partial charge in [-0.15, -0.1) is 0 Å². The summed E-state index contributed by atoms with van der Waals surface area (Å²) in [5.74, 6) is 0.632. The summed E-state index contributed by atoms with van der Waals surface area (Å²) in [6.07, 6.45) is 0. The zero-order valence-electron chi connectivity index (χ0n) is 9.47. The summed E-state index contributed by atoms with van der Waals surface area (Å²) in [4.78, 5) is 10.7. The average Bonchev–Trinajstić information content (AvgIpc) is 2.28. The van der Waals surface area contributed by atoms with Crippen molar-refractivity contribution in [3.8, 4) is 6.07 Å². The third-order valence-corrected chi connectivity index (χ3v) is 2.58. The minimum absolute atomic E-state index is 0.252. The number of hydrogen-bond acceptors (Lipinski definition) is 5. The van der Waals surface area contributed by atoms with Crippen LogP contribution in [0.5, 0.6) is 0 Å². The molecular weight excluding hydrogens is 204 g/mol. The Bertz CT molecular complexity index is 426. The van der Waals surface area contributed by atoms with Crippen molar-refractivity contribution in [2.45, 2.75) is 19.9 Å². The normalized spacial score (nSPS) is 20.6. The first-order valence-corrected chi connectivity index (χ1v) is 5.31. The smallest absolute Gasteiger partial charge is 0.227 e. The van der Waals surface area contributed by atoms with Gasteiger partial charge in [0.1, 0.15) is 11.8 Å². The molecule has 5 nitrogen and oxygen atoms in total. The van der Waals surface area contributed by atoms with Crippen LogP contribution in [0.3, 0.4) is 0 Å². The molecule has 2 heterocycles. The largest absolute Gasteiger partial charge is 0.377 e. The van der Waals surface area contributed by atoms with Crippen molar-refractivity contribution in [3.05, 3.63) is 17.5 Å². The molecule has 0 aromatic carbocycles. The lowest BCUT2D eigenvalue weighted by Gasteiger charge is -2.33. The Kier molecular flexibility index (Phi) is 3.02. The Balaban J connectivity index is 2.32. The van der Waals surface area contributed by atoms with E-state index in [0.717, 1.165) is 12.2 Å². The summed E-state index contributed by atoms with van der Waals surface area (Å²) in [6, 6.07) is 3.99. The van der Waals surface area contributed by atoms with E-state index in [0.29, 0.717) is 24.9 Å². The molecule has 84 valence electrons. The quantitative estimate of drug-likeness (QED) is 0.700. The fraction of sp³-hybridized carbons (Fsp3) is 0.545. The molecule has 0 saturated carbocycles. The zero-order chi connectivity index (χ0) is 11.5. The van der Waals surface area contributed by atoms with E-state index in [4.69, 9.17) is 10.00 Å². The molecule has 5 heteroatoms. The molecule has 0 spiro atoms. The number of anilines is 1. The van der Waals surface area contributed by atoms with Crippen LogP contribution < -0.4 is 4.90 Å². The van der Waals surface area contributed by atoms with E-state index in [1.165, 1.54) is 0 Å². The molecule has 16 heavy (non-hydrogen) atoms. The van der Waals surface area contributed by atoms with Crippen LogP contribution in [0, 0.1) is 18.3 Å². The van der Waals surface area contributed by atoms with Gasteiger partial charge in [0.25, 0.3) is 0 Å². The molecule has 1 aromatic rings. The van der Waals surface area contributed by atoms with Gasteiger partial charge >= 0.3 is 0 Å². The van der Waals surface area contributed by atoms with E-state index < -0.39 is 0 Å². The second-order valence-corrected chi connectivity index (χ2v) is 3.92. The number of nitriles is 1. The molecule has 0 radical (unpaired) electrons. The molecule has 1 aliphatic heterocycles. The Labute approximate surface area is 94.7 Å². The predicted octanol–water partition coefficient (Wildman–Crippen LogP) is 0.882. The SMILES string of the molecule is Cc1cc(C#N)nc(N2CCOCC2C)n1. The third-order valence-electron chi connectivity index (χ3n) is 2.58. The van der Waals surface area contributed by atoms with Crippen LogP contribution in [0.25, 0.3) is 0 Å². The average molecular weight is 218 g/mol. The summed E-state index contributed by atoms with van der Waals surface area (Å²) in [5, 5.41) is 8.87. The fourth-order valence-corrected chi connectivity index (χ4v) is 1.76. The highest BCUT2D eigenvalue weighted by Crippen LogP contribution is 2.15. The van der Waals surface area contributed by atoms with Crippen molar-refractivity contribution in [2.75, 3.05) is 24.7 Å². The van der Waals surface area contributed by atoms with Crippen LogP contribution in [0.4, 0.5) is 5.95 Å². The van der Waals surface area contributed by atoms with Crippen LogP contribution in [-0.4, -0.2) is 35.8 Å². The van der Waals surface area contributed by atoms with Gasteiger partial charge in [-0.1, -0.05) is 0 Å². The first-order chi connectivity index (χ1) is 7.70. The molecule has 2 rings (SSSR count). The lowest BCUT2D eigenvalue weighted by molar-refractivity contribution is 0.0980. The van der Waals surface area contributed by atoms with E-state index >= 15 is 0 Å². The molecule has 1 aromatic heterocycles. The van der Waals surface area contributed by atoms with Gasteiger partial charge in [-0.3, -0.25) is 0 Å². The highest BCUT2D eigenvalue weighted by Gasteiger charge is 2.21. The van der Waals surface area contributed by atoms with Crippen molar-refractivity contribution >= 4 is 5.95 Å². The van der Waals surface area contributed by atoms with E-state index in [1.54, 1.807) is 6.07 Å². The lowest BCUT2D eigenvalue weighted by Crippen LogP contribution is -2.44. The molecule has 1 atom stereocenters. The maximum atomic E-state index is 8.87. The summed E-state index contributed by atoms with van der Waals surface area (Å²) < 4.78 is 5.36. The first-order valence-electron chi connectivity index (χ1n) is 5.31. The van der Waals surface area contributed by atoms with Crippen molar-refractivity contribution in [3.63, 3.8) is 0 Å². The number of morpholine rings is 1. The van der Waals surface area contributed by atoms with Gasteiger partial charge in [0.2, 0.25) is 5.95 Å². The minimum atomic E-state index is 0.252. The molecule has 1 fully saturated rings. The number of nitrogens with zero attached hydrogens (tertiary/aromatic N) is 4. The fourth-order valence-electron chi connectivity index (χ4n) is 1.76. The highest BCUT2D eigenvalue weighted by molar-refractivity contribution is 5.37. The second kappa shape index (κ2) is 4.45.